The van der Waals surface area contributed by atoms with Gasteiger partial charge in [0.25, 0.3) is 0 Å². The monoisotopic (exact) mass is 390 g/mol. The first-order valence-electron chi connectivity index (χ1n) is 8.14. The largest absolute Gasteiger partial charge is 0.467 e. The average molecular weight is 390 g/mol. The van der Waals surface area contributed by atoms with Gasteiger partial charge in [0, 0.05) is 6.92 Å². The van der Waals surface area contributed by atoms with Gasteiger partial charge in [0.05, 0.1) is 27.8 Å². The van der Waals surface area contributed by atoms with Gasteiger partial charge in [-0.15, -0.1) is 0 Å². The molecule has 0 aliphatic carbocycles. The molecule has 2 amide bonds. The van der Waals surface area contributed by atoms with Crippen LogP contribution in [0.3, 0.4) is 0 Å². The number of esters is 3. The summed E-state index contributed by atoms with van der Waals surface area (Å²) in [7, 11) is 3.38. The molecule has 0 aliphatic rings. The minimum Gasteiger partial charge on any atom is -0.467 e. The summed E-state index contributed by atoms with van der Waals surface area (Å²) in [6, 6.07) is -2.25. The van der Waals surface area contributed by atoms with Crippen LogP contribution in [0.5, 0.6) is 0 Å². The molecule has 0 rings (SSSR count). The Balaban J connectivity index is 4.80. The fraction of sp³-hybridized carbons (Fsp3) is 0.688. The third-order valence-electron chi connectivity index (χ3n) is 3.52. The Morgan fingerprint density at radius 3 is 1.81 bits per heavy atom. The summed E-state index contributed by atoms with van der Waals surface area (Å²) in [5.74, 6) is -3.56. The maximum atomic E-state index is 12.1. The second-order valence-corrected chi connectivity index (χ2v) is 5.59. The predicted octanol–water partition coefficient (Wildman–Crippen LogP) is -1.58. The van der Waals surface area contributed by atoms with E-state index in [1.165, 1.54) is 6.92 Å². The summed E-state index contributed by atoms with van der Waals surface area (Å²) >= 11 is 0. The number of hydrogen-bond donors (Lipinski definition) is 3. The van der Waals surface area contributed by atoms with Crippen LogP contribution in [0.1, 0.15) is 32.6 Å². The fourth-order valence-electron chi connectivity index (χ4n) is 2.18. The van der Waals surface area contributed by atoms with Crippen molar-refractivity contribution < 1.29 is 43.3 Å². The van der Waals surface area contributed by atoms with Gasteiger partial charge in [0.2, 0.25) is 11.8 Å². The maximum Gasteiger partial charge on any atom is 0.334 e. The van der Waals surface area contributed by atoms with Gasteiger partial charge in [0.1, 0.15) is 12.1 Å². The number of ether oxygens (including phenoxy) is 3. The molecule has 0 aliphatic heterocycles. The fourth-order valence-corrected chi connectivity index (χ4v) is 2.18. The lowest BCUT2D eigenvalue weighted by Gasteiger charge is -2.19. The lowest BCUT2D eigenvalue weighted by molar-refractivity contribution is -0.150. The van der Waals surface area contributed by atoms with Crippen molar-refractivity contribution in [2.75, 3.05) is 21.3 Å². The molecular formula is C16H26N2O9. The van der Waals surface area contributed by atoms with Crippen molar-refractivity contribution in [2.45, 2.75) is 50.8 Å². The van der Waals surface area contributed by atoms with E-state index in [1.807, 2.05) is 0 Å². The number of aliphatic hydroxyl groups excluding tert-OH is 1. The van der Waals surface area contributed by atoms with Gasteiger partial charge in [-0.05, 0) is 19.3 Å². The topological polar surface area (TPSA) is 157 Å². The highest BCUT2D eigenvalue weighted by Crippen LogP contribution is 2.08. The molecule has 0 aromatic heterocycles. The van der Waals surface area contributed by atoms with E-state index in [0.717, 1.165) is 21.3 Å². The van der Waals surface area contributed by atoms with Crippen LogP contribution in [-0.2, 0) is 38.2 Å². The van der Waals surface area contributed by atoms with E-state index in [-0.39, 0.29) is 19.3 Å². The van der Waals surface area contributed by atoms with E-state index in [4.69, 9.17) is 0 Å². The summed E-state index contributed by atoms with van der Waals surface area (Å²) < 4.78 is 13.5. The number of methoxy groups -OCH3 is 3. The van der Waals surface area contributed by atoms with Gasteiger partial charge in [-0.25, -0.2) is 14.4 Å². The highest BCUT2D eigenvalue weighted by molar-refractivity contribution is 5.90. The lowest BCUT2D eigenvalue weighted by Crippen LogP contribution is -2.47. The number of carbonyl (C=O) groups is 5. The molecule has 0 radical (unpaired) electrons. The van der Waals surface area contributed by atoms with Crippen molar-refractivity contribution in [3.8, 4) is 0 Å². The van der Waals surface area contributed by atoms with E-state index in [1.54, 1.807) is 0 Å². The van der Waals surface area contributed by atoms with Crippen molar-refractivity contribution in [2.24, 2.45) is 0 Å². The van der Waals surface area contributed by atoms with Crippen molar-refractivity contribution >= 4 is 29.7 Å². The molecule has 11 heteroatoms. The molecule has 3 N–H and O–H groups in total. The molecule has 154 valence electrons. The lowest BCUT2D eigenvalue weighted by atomic mass is 10.1. The summed E-state index contributed by atoms with van der Waals surface area (Å²) in [6.07, 6.45) is -1.47. The normalized spacial score (nSPS) is 13.5. The van der Waals surface area contributed by atoms with E-state index in [0.29, 0.717) is 0 Å². The molecule has 27 heavy (non-hydrogen) atoms. The van der Waals surface area contributed by atoms with E-state index >= 15 is 0 Å². The summed E-state index contributed by atoms with van der Waals surface area (Å²) in [4.78, 5) is 57.8. The Hall–Kier alpha value is -2.69. The number of amides is 2. The van der Waals surface area contributed by atoms with Gasteiger partial charge in [-0.3, -0.25) is 9.59 Å². The number of nitrogens with one attached hydrogen (secondary N) is 2. The molecule has 1 unspecified atom stereocenters. The van der Waals surface area contributed by atoms with Crippen molar-refractivity contribution in [1.82, 2.24) is 10.6 Å². The highest BCUT2D eigenvalue weighted by atomic mass is 16.5. The first-order chi connectivity index (χ1) is 12.7. The molecule has 0 spiro atoms. The summed E-state index contributed by atoms with van der Waals surface area (Å²) in [5, 5.41) is 14.2. The first-order valence-corrected chi connectivity index (χ1v) is 8.14. The van der Waals surface area contributed by atoms with E-state index in [9.17, 15) is 29.1 Å². The van der Waals surface area contributed by atoms with Gasteiger partial charge in [-0.1, -0.05) is 0 Å². The quantitative estimate of drug-likeness (QED) is 0.279. The number of rotatable bonds is 11. The molecule has 0 saturated carbocycles. The molecule has 0 aromatic carbocycles. The van der Waals surface area contributed by atoms with Crippen LogP contribution in [0.25, 0.3) is 0 Å². The number of hydrogen-bond acceptors (Lipinski definition) is 9. The molecular weight excluding hydrogens is 364 g/mol. The van der Waals surface area contributed by atoms with Crippen LogP contribution in [0, 0.1) is 0 Å². The van der Waals surface area contributed by atoms with Crippen LogP contribution >= 0.6 is 0 Å². The minimum atomic E-state index is -1.34. The van der Waals surface area contributed by atoms with E-state index in [2.05, 4.69) is 24.8 Å². The standard InChI is InChI=1S/C16H26N2O9/c1-9(19)17-11(15(23)26-3)8-13(21)18-10(14(22)25-2)6-5-7-12(20)16(24)27-4/h10-12,20H,5-8H2,1-4H3,(H,17,19)(H,18,21)/t10-,11-,12?/m0/s1. The van der Waals surface area contributed by atoms with Crippen molar-refractivity contribution in [1.29, 1.82) is 0 Å². The smallest absolute Gasteiger partial charge is 0.334 e. The minimum absolute atomic E-state index is 0.0206. The Morgan fingerprint density at radius 1 is 0.815 bits per heavy atom. The third-order valence-corrected chi connectivity index (χ3v) is 3.52. The zero-order chi connectivity index (χ0) is 21.0. The molecule has 0 saturated heterocycles. The van der Waals surface area contributed by atoms with Crippen LogP contribution in [0.2, 0.25) is 0 Å². The second-order valence-electron chi connectivity index (χ2n) is 5.59. The molecule has 3 atom stereocenters. The highest BCUT2D eigenvalue weighted by Gasteiger charge is 2.27. The summed E-state index contributed by atoms with van der Waals surface area (Å²) in [5.41, 5.74) is 0. The predicted molar refractivity (Wildman–Crippen MR) is 90.1 cm³/mol. The Kier molecular flexibility index (Phi) is 11.4. The molecule has 0 fully saturated rings. The maximum absolute atomic E-state index is 12.1. The zero-order valence-corrected chi connectivity index (χ0v) is 15.8. The average Bonchev–Trinajstić information content (AvgIpc) is 2.63. The summed E-state index contributed by atoms with van der Waals surface area (Å²) in [6.45, 7) is 1.18. The third kappa shape index (κ3) is 9.54. The van der Waals surface area contributed by atoms with Crippen molar-refractivity contribution in [3.05, 3.63) is 0 Å². The number of carbonyl (C=O) groups excluding carboxylic acids is 5. The van der Waals surface area contributed by atoms with E-state index < -0.39 is 54.3 Å². The Labute approximate surface area is 156 Å². The molecule has 0 bridgehead atoms. The van der Waals surface area contributed by atoms with Gasteiger partial charge in [-0.2, -0.15) is 0 Å². The molecule has 0 aromatic rings. The van der Waals surface area contributed by atoms with Gasteiger partial charge in [0.15, 0.2) is 6.10 Å². The number of aliphatic hydroxyl groups is 1. The molecule has 0 heterocycles. The van der Waals surface area contributed by atoms with Crippen LogP contribution in [-0.4, -0.2) is 74.3 Å². The first kappa shape index (κ1) is 24.3. The molecule has 11 nitrogen and oxygen atoms in total. The SMILES string of the molecule is COC(=O)C(O)CCC[C@H](NC(=O)C[C@H](NC(C)=O)C(=O)OC)C(=O)OC. The second kappa shape index (κ2) is 12.6. The van der Waals surface area contributed by atoms with Crippen molar-refractivity contribution in [3.63, 3.8) is 0 Å². The van der Waals surface area contributed by atoms with Gasteiger partial charge < -0.3 is 30.0 Å². The van der Waals surface area contributed by atoms with Crippen LogP contribution in [0.4, 0.5) is 0 Å². The van der Waals surface area contributed by atoms with Crippen LogP contribution in [0.15, 0.2) is 0 Å². The van der Waals surface area contributed by atoms with Gasteiger partial charge >= 0.3 is 17.9 Å². The Morgan fingerprint density at radius 2 is 1.33 bits per heavy atom. The Bertz CT molecular complexity index is 550. The van der Waals surface area contributed by atoms with Crippen LogP contribution < -0.4 is 10.6 Å². The zero-order valence-electron chi connectivity index (χ0n) is 15.8.